The molecule has 3 rings (SSSR count). The van der Waals surface area contributed by atoms with Crippen LogP contribution in [0.1, 0.15) is 46.9 Å². The fraction of sp³-hybridized carbons (Fsp3) is 0.231. The van der Waals surface area contributed by atoms with Crippen molar-refractivity contribution in [1.29, 1.82) is 0 Å². The molecule has 0 aliphatic rings. The van der Waals surface area contributed by atoms with Crippen LogP contribution in [0.4, 0.5) is 18.9 Å². The first-order chi connectivity index (χ1) is 16.4. The molecule has 0 radical (unpaired) electrons. The summed E-state index contributed by atoms with van der Waals surface area (Å²) in [5.74, 6) is -2.46. The van der Waals surface area contributed by atoms with Crippen LogP contribution >= 0.6 is 11.6 Å². The summed E-state index contributed by atoms with van der Waals surface area (Å²) < 4.78 is 41.3. The molecule has 0 aliphatic carbocycles. The zero-order valence-electron chi connectivity index (χ0n) is 19.2. The highest BCUT2D eigenvalue weighted by atomic mass is 35.5. The molecule has 0 heterocycles. The van der Waals surface area contributed by atoms with Gasteiger partial charge in [-0.15, -0.1) is 0 Å². The number of alkyl halides is 3. The number of carbonyl (C=O) groups excluding carboxylic acids is 1. The molecule has 0 saturated heterocycles. The predicted molar refractivity (Wildman–Crippen MR) is 130 cm³/mol. The summed E-state index contributed by atoms with van der Waals surface area (Å²) in [6, 6.07) is 14.5. The molecule has 3 aromatic rings. The molecule has 0 saturated carbocycles. The number of carboxylic acids is 1. The van der Waals surface area contributed by atoms with Gasteiger partial charge >= 0.3 is 12.1 Å². The smallest absolute Gasteiger partial charge is 0.417 e. The zero-order chi connectivity index (χ0) is 25.9. The molecular formula is C26H24ClF3N2O3. The number of halogens is 4. The van der Waals surface area contributed by atoms with E-state index in [2.05, 4.69) is 10.6 Å². The molecule has 0 spiro atoms. The Morgan fingerprint density at radius 2 is 1.66 bits per heavy atom. The summed E-state index contributed by atoms with van der Waals surface area (Å²) >= 11 is 6.10. The molecular weight excluding hydrogens is 481 g/mol. The van der Waals surface area contributed by atoms with Crippen LogP contribution in [-0.4, -0.2) is 23.0 Å². The maximum atomic E-state index is 13.8. The van der Waals surface area contributed by atoms with Crippen molar-refractivity contribution in [3.8, 4) is 11.1 Å². The number of nitrogens with one attached hydrogen (secondary N) is 2. The second kappa shape index (κ2) is 10.4. The highest BCUT2D eigenvalue weighted by Gasteiger charge is 2.36. The molecule has 0 aromatic heterocycles. The Labute approximate surface area is 205 Å². The Kier molecular flexibility index (Phi) is 7.75. The van der Waals surface area contributed by atoms with Crippen molar-refractivity contribution in [3.63, 3.8) is 0 Å². The molecule has 184 valence electrons. The van der Waals surface area contributed by atoms with E-state index in [0.29, 0.717) is 16.3 Å². The molecule has 3 N–H and O–H groups in total. The average Bonchev–Trinajstić information content (AvgIpc) is 2.79. The highest BCUT2D eigenvalue weighted by molar-refractivity contribution is 6.31. The van der Waals surface area contributed by atoms with Crippen molar-refractivity contribution in [2.24, 2.45) is 0 Å². The fourth-order valence-corrected chi connectivity index (χ4v) is 3.67. The van der Waals surface area contributed by atoms with Crippen LogP contribution in [-0.2, 0) is 11.0 Å². The number of carbonyl (C=O) groups is 2. The fourth-order valence-electron chi connectivity index (χ4n) is 3.55. The van der Waals surface area contributed by atoms with Gasteiger partial charge < -0.3 is 15.7 Å². The van der Waals surface area contributed by atoms with Crippen LogP contribution in [0.3, 0.4) is 0 Å². The Balaban J connectivity index is 1.91. The van der Waals surface area contributed by atoms with Gasteiger partial charge in [0.05, 0.1) is 11.1 Å². The molecule has 35 heavy (non-hydrogen) atoms. The van der Waals surface area contributed by atoms with Crippen LogP contribution in [0.5, 0.6) is 0 Å². The third-order valence-corrected chi connectivity index (χ3v) is 5.97. The molecule has 5 nitrogen and oxygen atoms in total. The minimum atomic E-state index is -4.81. The van der Waals surface area contributed by atoms with Crippen molar-refractivity contribution < 1.29 is 27.9 Å². The van der Waals surface area contributed by atoms with E-state index in [-0.39, 0.29) is 11.6 Å². The lowest BCUT2D eigenvalue weighted by molar-refractivity contribution is -0.138. The number of hydrogen-bond donors (Lipinski definition) is 3. The molecule has 2 unspecified atom stereocenters. The van der Waals surface area contributed by atoms with Gasteiger partial charge in [-0.1, -0.05) is 41.9 Å². The van der Waals surface area contributed by atoms with Crippen LogP contribution < -0.4 is 10.6 Å². The van der Waals surface area contributed by atoms with Gasteiger partial charge in [0.25, 0.3) is 5.91 Å². The number of benzene rings is 3. The molecule has 9 heteroatoms. The summed E-state index contributed by atoms with van der Waals surface area (Å²) in [4.78, 5) is 23.3. The standard InChI is InChI=1S/C26H24ClF3N2O3/c1-14-11-17(8-10-23(14)27)15(2)31-20-6-4-5-18(12-20)19-7-9-21(22(13-19)26(28,29)30)24(33)32-16(3)25(34)35/h4-13,15-16,31H,1-3H3,(H,32,33)(H,34,35). The van der Waals surface area contributed by atoms with Gasteiger partial charge in [-0.2, -0.15) is 13.2 Å². The molecule has 2 atom stereocenters. The van der Waals surface area contributed by atoms with Crippen molar-refractivity contribution in [2.45, 2.75) is 39.0 Å². The number of rotatable bonds is 7. The van der Waals surface area contributed by atoms with Crippen molar-refractivity contribution in [1.82, 2.24) is 5.32 Å². The normalized spacial score (nSPS) is 13.1. The van der Waals surface area contributed by atoms with Gasteiger partial charge in [0, 0.05) is 16.8 Å². The number of carboxylic acid groups (broad SMARTS) is 1. The van der Waals surface area contributed by atoms with Gasteiger partial charge in [-0.25, -0.2) is 0 Å². The molecule has 3 aromatic carbocycles. The summed E-state index contributed by atoms with van der Waals surface area (Å²) in [7, 11) is 0. The van der Waals surface area contributed by atoms with Crippen LogP contribution in [0.2, 0.25) is 5.02 Å². The van der Waals surface area contributed by atoms with Gasteiger partial charge in [0.1, 0.15) is 6.04 Å². The number of hydrogen-bond acceptors (Lipinski definition) is 3. The highest BCUT2D eigenvalue weighted by Crippen LogP contribution is 2.36. The average molecular weight is 505 g/mol. The molecule has 0 fully saturated rings. The van der Waals surface area contributed by atoms with Crippen LogP contribution in [0, 0.1) is 6.92 Å². The first kappa shape index (κ1) is 26.1. The van der Waals surface area contributed by atoms with E-state index in [4.69, 9.17) is 16.7 Å². The van der Waals surface area contributed by atoms with Gasteiger partial charge in [0.2, 0.25) is 0 Å². The predicted octanol–water partition coefficient (Wildman–Crippen LogP) is 6.71. The van der Waals surface area contributed by atoms with E-state index < -0.39 is 35.2 Å². The third-order valence-electron chi connectivity index (χ3n) is 5.55. The lowest BCUT2D eigenvalue weighted by Crippen LogP contribution is -2.39. The van der Waals surface area contributed by atoms with Crippen LogP contribution in [0.15, 0.2) is 60.7 Å². The maximum absolute atomic E-state index is 13.8. The second-order valence-electron chi connectivity index (χ2n) is 8.25. The minimum Gasteiger partial charge on any atom is -0.480 e. The Morgan fingerprint density at radius 1 is 0.971 bits per heavy atom. The number of aryl methyl sites for hydroxylation is 1. The van der Waals surface area contributed by atoms with Gasteiger partial charge in [-0.3, -0.25) is 9.59 Å². The van der Waals surface area contributed by atoms with E-state index in [1.165, 1.54) is 13.0 Å². The number of amides is 1. The molecule has 0 bridgehead atoms. The number of aliphatic carboxylic acids is 1. The molecule has 0 aliphatic heterocycles. The number of anilines is 1. The van der Waals surface area contributed by atoms with E-state index in [0.717, 1.165) is 23.3 Å². The minimum absolute atomic E-state index is 0.0887. The van der Waals surface area contributed by atoms with Crippen molar-refractivity contribution in [3.05, 3.63) is 87.9 Å². The van der Waals surface area contributed by atoms with Crippen molar-refractivity contribution >= 4 is 29.2 Å². The Bertz CT molecular complexity index is 1260. The third kappa shape index (κ3) is 6.33. The van der Waals surface area contributed by atoms with Crippen molar-refractivity contribution in [2.75, 3.05) is 5.32 Å². The lowest BCUT2D eigenvalue weighted by atomic mass is 9.97. The summed E-state index contributed by atoms with van der Waals surface area (Å²) in [6.07, 6.45) is -4.81. The van der Waals surface area contributed by atoms with E-state index in [1.807, 2.05) is 38.1 Å². The van der Waals surface area contributed by atoms with Crippen LogP contribution in [0.25, 0.3) is 11.1 Å². The second-order valence-corrected chi connectivity index (χ2v) is 8.65. The lowest BCUT2D eigenvalue weighted by Gasteiger charge is -2.18. The zero-order valence-corrected chi connectivity index (χ0v) is 20.0. The quantitative estimate of drug-likeness (QED) is 0.334. The molecule has 1 amide bonds. The van der Waals surface area contributed by atoms with E-state index in [9.17, 15) is 22.8 Å². The monoisotopic (exact) mass is 504 g/mol. The topological polar surface area (TPSA) is 78.4 Å². The Hall–Kier alpha value is -3.52. The Morgan fingerprint density at radius 3 is 2.29 bits per heavy atom. The first-order valence-corrected chi connectivity index (χ1v) is 11.1. The van der Waals surface area contributed by atoms with E-state index in [1.54, 1.807) is 18.2 Å². The summed E-state index contributed by atoms with van der Waals surface area (Å²) in [6.45, 7) is 5.04. The largest absolute Gasteiger partial charge is 0.480 e. The SMILES string of the molecule is Cc1cc(C(C)Nc2cccc(-c3ccc(C(=O)NC(C)C(=O)O)c(C(F)(F)F)c3)c2)ccc1Cl. The van der Waals surface area contributed by atoms with Gasteiger partial charge in [-0.05, 0) is 73.4 Å². The van der Waals surface area contributed by atoms with E-state index >= 15 is 0 Å². The maximum Gasteiger partial charge on any atom is 0.417 e. The van der Waals surface area contributed by atoms with Gasteiger partial charge in [0.15, 0.2) is 0 Å². The summed E-state index contributed by atoms with van der Waals surface area (Å²) in [5.41, 5.74) is 1.64. The first-order valence-electron chi connectivity index (χ1n) is 10.7. The summed E-state index contributed by atoms with van der Waals surface area (Å²) in [5, 5.41) is 15.0.